The van der Waals surface area contributed by atoms with Crippen LogP contribution >= 0.6 is 15.9 Å². The number of nitrogens with one attached hydrogen (secondary N) is 1. The average molecular weight is 270 g/mol. The Hall–Kier alpha value is -0.850. The Bertz CT molecular complexity index is 370. The van der Waals surface area contributed by atoms with Crippen LogP contribution in [0.15, 0.2) is 22.7 Å². The predicted molar refractivity (Wildman–Crippen MR) is 64.0 cm³/mol. The SMILES string of the molecule is C#CCCNC(C)c1ccc(F)c(Br)c1. The number of benzene rings is 1. The van der Waals surface area contributed by atoms with Gasteiger partial charge in [-0.2, -0.15) is 0 Å². The first-order chi connectivity index (χ1) is 7.15. The molecule has 0 aliphatic carbocycles. The van der Waals surface area contributed by atoms with Crippen molar-refractivity contribution in [3.63, 3.8) is 0 Å². The lowest BCUT2D eigenvalue weighted by Gasteiger charge is -2.13. The highest BCUT2D eigenvalue weighted by molar-refractivity contribution is 9.10. The summed E-state index contributed by atoms with van der Waals surface area (Å²) in [5.41, 5.74) is 1.04. The zero-order chi connectivity index (χ0) is 11.3. The van der Waals surface area contributed by atoms with Crippen molar-refractivity contribution in [1.82, 2.24) is 5.32 Å². The highest BCUT2D eigenvalue weighted by atomic mass is 79.9. The van der Waals surface area contributed by atoms with E-state index in [1.54, 1.807) is 12.1 Å². The number of terminal acetylenes is 1. The van der Waals surface area contributed by atoms with Crippen LogP contribution in [-0.4, -0.2) is 6.54 Å². The molecule has 1 aromatic rings. The Balaban J connectivity index is 2.62. The maximum absolute atomic E-state index is 13.0. The van der Waals surface area contributed by atoms with Gasteiger partial charge < -0.3 is 5.32 Å². The molecule has 1 aromatic carbocycles. The van der Waals surface area contributed by atoms with Crippen molar-refractivity contribution in [2.45, 2.75) is 19.4 Å². The van der Waals surface area contributed by atoms with Gasteiger partial charge in [-0.1, -0.05) is 6.07 Å². The van der Waals surface area contributed by atoms with Gasteiger partial charge in [0.1, 0.15) is 5.82 Å². The molecule has 0 aliphatic heterocycles. The van der Waals surface area contributed by atoms with Gasteiger partial charge in [-0.3, -0.25) is 0 Å². The van der Waals surface area contributed by atoms with E-state index in [-0.39, 0.29) is 11.9 Å². The Labute approximate surface area is 98.2 Å². The predicted octanol–water partition coefficient (Wildman–Crippen LogP) is 3.26. The molecule has 0 aromatic heterocycles. The molecule has 80 valence electrons. The summed E-state index contributed by atoms with van der Waals surface area (Å²) in [5.74, 6) is 2.32. The molecule has 1 rings (SSSR count). The summed E-state index contributed by atoms with van der Waals surface area (Å²) in [6.45, 7) is 2.79. The van der Waals surface area contributed by atoms with Crippen LogP contribution in [0.3, 0.4) is 0 Å². The number of halogens is 2. The second-order valence-corrected chi connectivity index (χ2v) is 4.16. The topological polar surface area (TPSA) is 12.0 Å². The fourth-order valence-corrected chi connectivity index (χ4v) is 1.66. The van der Waals surface area contributed by atoms with E-state index in [4.69, 9.17) is 6.42 Å². The van der Waals surface area contributed by atoms with Gasteiger partial charge in [-0.15, -0.1) is 12.3 Å². The molecule has 0 radical (unpaired) electrons. The summed E-state index contributed by atoms with van der Waals surface area (Å²) in [6, 6.07) is 5.19. The number of rotatable bonds is 4. The lowest BCUT2D eigenvalue weighted by Crippen LogP contribution is -2.19. The van der Waals surface area contributed by atoms with Crippen molar-refractivity contribution in [3.05, 3.63) is 34.1 Å². The first-order valence-electron chi connectivity index (χ1n) is 4.77. The van der Waals surface area contributed by atoms with Crippen LogP contribution in [0.25, 0.3) is 0 Å². The summed E-state index contributed by atoms with van der Waals surface area (Å²) in [4.78, 5) is 0. The van der Waals surface area contributed by atoms with Gasteiger partial charge in [0.25, 0.3) is 0 Å². The molecular weight excluding hydrogens is 257 g/mol. The average Bonchev–Trinajstić information content (AvgIpc) is 2.22. The van der Waals surface area contributed by atoms with E-state index < -0.39 is 0 Å². The molecule has 0 amide bonds. The maximum Gasteiger partial charge on any atom is 0.137 e. The van der Waals surface area contributed by atoms with Crippen LogP contribution in [0, 0.1) is 18.2 Å². The standard InChI is InChI=1S/C12H13BrFN/c1-3-4-7-15-9(2)10-5-6-12(14)11(13)8-10/h1,5-6,8-9,15H,4,7H2,2H3. The fourth-order valence-electron chi connectivity index (χ4n) is 1.26. The van der Waals surface area contributed by atoms with Crippen LogP contribution in [0.2, 0.25) is 0 Å². The van der Waals surface area contributed by atoms with Gasteiger partial charge in [0.15, 0.2) is 0 Å². The fraction of sp³-hybridized carbons (Fsp3) is 0.333. The molecule has 0 fully saturated rings. The van der Waals surface area contributed by atoms with E-state index in [0.717, 1.165) is 12.1 Å². The number of hydrogen-bond acceptors (Lipinski definition) is 1. The van der Waals surface area contributed by atoms with Crippen LogP contribution in [0.5, 0.6) is 0 Å². The molecule has 0 heterocycles. The van der Waals surface area contributed by atoms with Crippen LogP contribution in [-0.2, 0) is 0 Å². The minimum Gasteiger partial charge on any atom is -0.309 e. The molecule has 0 saturated heterocycles. The lowest BCUT2D eigenvalue weighted by atomic mass is 10.1. The zero-order valence-electron chi connectivity index (χ0n) is 8.56. The van der Waals surface area contributed by atoms with E-state index >= 15 is 0 Å². The lowest BCUT2D eigenvalue weighted by molar-refractivity contribution is 0.578. The molecule has 1 nitrogen and oxygen atoms in total. The normalized spacial score (nSPS) is 12.1. The zero-order valence-corrected chi connectivity index (χ0v) is 10.1. The van der Waals surface area contributed by atoms with Crippen LogP contribution in [0.4, 0.5) is 4.39 Å². The van der Waals surface area contributed by atoms with Gasteiger partial charge in [-0.05, 0) is 40.5 Å². The molecular formula is C12H13BrFN. The molecule has 0 bridgehead atoms. The van der Waals surface area contributed by atoms with Gasteiger partial charge >= 0.3 is 0 Å². The Morgan fingerprint density at radius 3 is 2.93 bits per heavy atom. The van der Waals surface area contributed by atoms with Crippen molar-refractivity contribution >= 4 is 15.9 Å². The third kappa shape index (κ3) is 3.65. The van der Waals surface area contributed by atoms with Gasteiger partial charge in [-0.25, -0.2) is 4.39 Å². The van der Waals surface area contributed by atoms with Crippen molar-refractivity contribution in [1.29, 1.82) is 0 Å². The first kappa shape index (κ1) is 12.2. The Morgan fingerprint density at radius 2 is 2.33 bits per heavy atom. The van der Waals surface area contributed by atoms with Gasteiger partial charge in [0.2, 0.25) is 0 Å². The largest absolute Gasteiger partial charge is 0.309 e. The van der Waals surface area contributed by atoms with E-state index in [0.29, 0.717) is 10.9 Å². The van der Waals surface area contributed by atoms with Crippen molar-refractivity contribution in [2.75, 3.05) is 6.54 Å². The van der Waals surface area contributed by atoms with Crippen molar-refractivity contribution < 1.29 is 4.39 Å². The Kier molecular flexibility index (Phi) is 4.80. The van der Waals surface area contributed by atoms with E-state index in [1.165, 1.54) is 6.07 Å². The third-order valence-corrected chi connectivity index (χ3v) is 2.77. The van der Waals surface area contributed by atoms with Gasteiger partial charge in [0.05, 0.1) is 4.47 Å². The van der Waals surface area contributed by atoms with Crippen molar-refractivity contribution in [3.8, 4) is 12.3 Å². The summed E-state index contributed by atoms with van der Waals surface area (Å²) in [7, 11) is 0. The van der Waals surface area contributed by atoms with E-state index in [2.05, 4.69) is 27.2 Å². The summed E-state index contributed by atoms with van der Waals surface area (Å²) < 4.78 is 13.5. The molecule has 1 N–H and O–H groups in total. The Morgan fingerprint density at radius 1 is 1.60 bits per heavy atom. The quantitative estimate of drug-likeness (QED) is 0.654. The number of hydrogen-bond donors (Lipinski definition) is 1. The molecule has 15 heavy (non-hydrogen) atoms. The molecule has 1 atom stereocenters. The monoisotopic (exact) mass is 269 g/mol. The van der Waals surface area contributed by atoms with Crippen LogP contribution < -0.4 is 5.32 Å². The maximum atomic E-state index is 13.0. The minimum atomic E-state index is -0.241. The molecule has 1 unspecified atom stereocenters. The minimum absolute atomic E-state index is 0.176. The first-order valence-corrected chi connectivity index (χ1v) is 5.56. The molecule has 3 heteroatoms. The smallest absolute Gasteiger partial charge is 0.137 e. The third-order valence-electron chi connectivity index (χ3n) is 2.16. The molecule has 0 saturated carbocycles. The van der Waals surface area contributed by atoms with Crippen LogP contribution in [0.1, 0.15) is 24.9 Å². The van der Waals surface area contributed by atoms with Crippen molar-refractivity contribution in [2.24, 2.45) is 0 Å². The van der Waals surface area contributed by atoms with Gasteiger partial charge in [0, 0.05) is 19.0 Å². The summed E-state index contributed by atoms with van der Waals surface area (Å²) in [6.07, 6.45) is 5.85. The molecule has 0 spiro atoms. The highest BCUT2D eigenvalue weighted by Crippen LogP contribution is 2.20. The second kappa shape index (κ2) is 5.89. The summed E-state index contributed by atoms with van der Waals surface area (Å²) in [5, 5.41) is 3.26. The van der Waals surface area contributed by atoms with E-state index in [1.807, 2.05) is 6.92 Å². The summed E-state index contributed by atoms with van der Waals surface area (Å²) >= 11 is 3.16. The second-order valence-electron chi connectivity index (χ2n) is 3.30. The van der Waals surface area contributed by atoms with E-state index in [9.17, 15) is 4.39 Å². The molecule has 0 aliphatic rings. The highest BCUT2D eigenvalue weighted by Gasteiger charge is 2.06.